The van der Waals surface area contributed by atoms with Crippen LogP contribution in [0.2, 0.25) is 0 Å². The van der Waals surface area contributed by atoms with Gasteiger partial charge in [0.15, 0.2) is 5.96 Å². The number of carbonyl (C=O) groups is 1. The van der Waals surface area contributed by atoms with Crippen LogP contribution in [0.1, 0.15) is 16.1 Å². The third-order valence-electron chi connectivity index (χ3n) is 3.87. The summed E-state index contributed by atoms with van der Waals surface area (Å²) in [6.07, 6.45) is 5.35. The smallest absolute Gasteiger partial charge is 0.274 e. The zero-order valence-electron chi connectivity index (χ0n) is 14.1. The second kappa shape index (κ2) is 7.08. The third-order valence-corrected chi connectivity index (χ3v) is 3.87. The van der Waals surface area contributed by atoms with E-state index in [4.69, 9.17) is 10.5 Å². The first-order valence-electron chi connectivity index (χ1n) is 7.83. The largest absolute Gasteiger partial charge is 0.490 e. The maximum atomic E-state index is 12.2. The topological polar surface area (TPSA) is 110 Å². The van der Waals surface area contributed by atoms with E-state index in [-0.39, 0.29) is 11.9 Å². The molecule has 1 amide bonds. The van der Waals surface area contributed by atoms with Crippen molar-refractivity contribution in [3.05, 3.63) is 48.2 Å². The van der Waals surface area contributed by atoms with Crippen LogP contribution in [0.5, 0.6) is 5.75 Å². The molecule has 0 fully saturated rings. The third kappa shape index (κ3) is 3.63. The summed E-state index contributed by atoms with van der Waals surface area (Å²) in [4.78, 5) is 23.1. The Morgan fingerprint density at radius 1 is 1.48 bits per heavy atom. The van der Waals surface area contributed by atoms with Crippen LogP contribution < -0.4 is 15.8 Å². The molecular formula is C17H20N6O2. The zero-order chi connectivity index (χ0) is 17.8. The number of imidazole rings is 1. The number of aryl methyl sites for hydroxylation is 1. The average Bonchev–Trinajstić information content (AvgIpc) is 3.26. The number of aromatic nitrogens is 3. The SMILES string of the molecule is CN=C(N)NC(=O)c1cc2c(C)ccc(OCCn3ccnc3)c2[nH]1. The number of hydrogen-bond acceptors (Lipinski definition) is 4. The Morgan fingerprint density at radius 3 is 3.04 bits per heavy atom. The molecular weight excluding hydrogens is 320 g/mol. The van der Waals surface area contributed by atoms with E-state index in [2.05, 4.69) is 20.3 Å². The van der Waals surface area contributed by atoms with Gasteiger partial charge in [0.05, 0.1) is 18.4 Å². The number of nitrogens with zero attached hydrogens (tertiary/aromatic N) is 3. The molecule has 1 aromatic carbocycles. The van der Waals surface area contributed by atoms with Gasteiger partial charge in [0.25, 0.3) is 5.91 Å². The summed E-state index contributed by atoms with van der Waals surface area (Å²) >= 11 is 0. The molecule has 8 heteroatoms. The predicted molar refractivity (Wildman–Crippen MR) is 95.8 cm³/mol. The normalized spacial score (nSPS) is 11.7. The number of hydrogen-bond donors (Lipinski definition) is 3. The molecule has 0 aliphatic heterocycles. The van der Waals surface area contributed by atoms with Gasteiger partial charge in [-0.05, 0) is 24.6 Å². The van der Waals surface area contributed by atoms with Gasteiger partial charge in [-0.1, -0.05) is 6.07 Å². The van der Waals surface area contributed by atoms with Crippen LogP contribution in [0.15, 0.2) is 41.9 Å². The lowest BCUT2D eigenvalue weighted by atomic mass is 10.1. The molecule has 0 aliphatic carbocycles. The van der Waals surface area contributed by atoms with Gasteiger partial charge in [-0.3, -0.25) is 15.1 Å². The molecule has 0 aliphatic rings. The first-order chi connectivity index (χ1) is 12.1. The Kier molecular flexibility index (Phi) is 4.69. The number of guanidine groups is 1. The number of carbonyl (C=O) groups excluding carboxylic acids is 1. The fourth-order valence-corrected chi connectivity index (χ4v) is 2.50. The Hall–Kier alpha value is -3.29. The van der Waals surface area contributed by atoms with Crippen molar-refractivity contribution >= 4 is 22.8 Å². The fraction of sp³-hybridized carbons (Fsp3) is 0.235. The predicted octanol–water partition coefficient (Wildman–Crippen LogP) is 1.43. The van der Waals surface area contributed by atoms with Gasteiger partial charge in [-0.2, -0.15) is 0 Å². The highest BCUT2D eigenvalue weighted by Crippen LogP contribution is 2.28. The molecule has 0 radical (unpaired) electrons. The van der Waals surface area contributed by atoms with Gasteiger partial charge in [-0.25, -0.2) is 4.98 Å². The number of aliphatic imine (C=N–C) groups is 1. The maximum Gasteiger partial charge on any atom is 0.274 e. The van der Waals surface area contributed by atoms with E-state index in [0.717, 1.165) is 16.5 Å². The molecule has 25 heavy (non-hydrogen) atoms. The van der Waals surface area contributed by atoms with E-state index >= 15 is 0 Å². The second-order valence-corrected chi connectivity index (χ2v) is 5.56. The van der Waals surface area contributed by atoms with Gasteiger partial charge in [-0.15, -0.1) is 0 Å². The van der Waals surface area contributed by atoms with E-state index in [1.54, 1.807) is 18.6 Å². The molecule has 3 aromatic rings. The number of rotatable bonds is 5. The van der Waals surface area contributed by atoms with Gasteiger partial charge in [0.2, 0.25) is 0 Å². The number of amides is 1. The summed E-state index contributed by atoms with van der Waals surface area (Å²) in [5.74, 6) is 0.414. The fourth-order valence-electron chi connectivity index (χ4n) is 2.50. The molecule has 0 saturated heterocycles. The average molecular weight is 340 g/mol. The molecule has 130 valence electrons. The van der Waals surface area contributed by atoms with Crippen LogP contribution in [-0.2, 0) is 6.54 Å². The highest BCUT2D eigenvalue weighted by Gasteiger charge is 2.14. The van der Waals surface area contributed by atoms with Gasteiger partial charge < -0.3 is 20.0 Å². The quantitative estimate of drug-likeness (QED) is 0.482. The minimum Gasteiger partial charge on any atom is -0.490 e. The summed E-state index contributed by atoms with van der Waals surface area (Å²) in [7, 11) is 1.51. The first-order valence-corrected chi connectivity index (χ1v) is 7.83. The minimum atomic E-state index is -0.344. The number of ether oxygens (including phenoxy) is 1. The van der Waals surface area contributed by atoms with Crippen molar-refractivity contribution in [1.29, 1.82) is 0 Å². The van der Waals surface area contributed by atoms with Crippen LogP contribution >= 0.6 is 0 Å². The van der Waals surface area contributed by atoms with Crippen LogP contribution in [0, 0.1) is 6.92 Å². The first kappa shape index (κ1) is 16.6. The number of fused-ring (bicyclic) bond motifs is 1. The highest BCUT2D eigenvalue weighted by atomic mass is 16.5. The maximum absolute atomic E-state index is 12.2. The van der Waals surface area contributed by atoms with Gasteiger partial charge in [0.1, 0.15) is 18.1 Å². The number of benzene rings is 1. The molecule has 4 N–H and O–H groups in total. The Labute approximate surface area is 144 Å². The molecule has 2 heterocycles. The molecule has 8 nitrogen and oxygen atoms in total. The summed E-state index contributed by atoms with van der Waals surface area (Å²) in [5.41, 5.74) is 7.77. The van der Waals surface area contributed by atoms with Crippen molar-refractivity contribution < 1.29 is 9.53 Å². The Morgan fingerprint density at radius 2 is 2.32 bits per heavy atom. The van der Waals surface area contributed by atoms with E-state index in [1.807, 2.05) is 29.8 Å². The Bertz CT molecular complexity index is 911. The molecule has 0 atom stereocenters. The van der Waals surface area contributed by atoms with Crippen molar-refractivity contribution in [1.82, 2.24) is 19.9 Å². The number of H-pyrrole nitrogens is 1. The molecule has 0 bridgehead atoms. The van der Waals surface area contributed by atoms with Crippen LogP contribution in [0.3, 0.4) is 0 Å². The monoisotopic (exact) mass is 340 g/mol. The lowest BCUT2D eigenvalue weighted by Crippen LogP contribution is -2.36. The van der Waals surface area contributed by atoms with Crippen molar-refractivity contribution in [2.45, 2.75) is 13.5 Å². The molecule has 0 saturated carbocycles. The minimum absolute atomic E-state index is 0.0668. The lowest BCUT2D eigenvalue weighted by Gasteiger charge is -2.09. The van der Waals surface area contributed by atoms with Gasteiger partial charge in [0, 0.05) is 24.8 Å². The van der Waals surface area contributed by atoms with Crippen LogP contribution in [0.25, 0.3) is 10.9 Å². The molecule has 3 rings (SSSR count). The summed E-state index contributed by atoms with van der Waals surface area (Å²) < 4.78 is 7.82. The standard InChI is InChI=1S/C17H20N6O2/c1-11-3-4-14(25-8-7-23-6-5-20-10-23)15-12(11)9-13(21-15)16(24)22-17(18)19-2/h3-6,9-10,21H,7-8H2,1-2H3,(H3,18,19,22,24). The lowest BCUT2D eigenvalue weighted by molar-refractivity contribution is 0.0972. The van der Waals surface area contributed by atoms with Crippen molar-refractivity contribution in [3.63, 3.8) is 0 Å². The van der Waals surface area contributed by atoms with Crippen molar-refractivity contribution in [3.8, 4) is 5.75 Å². The molecule has 0 unspecified atom stereocenters. The van der Waals surface area contributed by atoms with E-state index < -0.39 is 0 Å². The highest BCUT2D eigenvalue weighted by molar-refractivity contribution is 6.07. The molecule has 2 aromatic heterocycles. The number of nitrogens with two attached hydrogens (primary N) is 1. The van der Waals surface area contributed by atoms with Gasteiger partial charge >= 0.3 is 0 Å². The zero-order valence-corrected chi connectivity index (χ0v) is 14.1. The number of aromatic amines is 1. The van der Waals surface area contributed by atoms with E-state index in [0.29, 0.717) is 24.6 Å². The summed E-state index contributed by atoms with van der Waals surface area (Å²) in [5, 5.41) is 3.44. The van der Waals surface area contributed by atoms with Crippen LogP contribution in [-0.4, -0.2) is 40.1 Å². The second-order valence-electron chi connectivity index (χ2n) is 5.56. The molecule has 0 spiro atoms. The van der Waals surface area contributed by atoms with E-state index in [1.165, 1.54) is 7.05 Å². The summed E-state index contributed by atoms with van der Waals surface area (Å²) in [6.45, 7) is 3.16. The van der Waals surface area contributed by atoms with Crippen molar-refractivity contribution in [2.75, 3.05) is 13.7 Å². The van der Waals surface area contributed by atoms with E-state index in [9.17, 15) is 4.79 Å². The number of nitrogens with one attached hydrogen (secondary N) is 2. The van der Waals surface area contributed by atoms with Crippen molar-refractivity contribution in [2.24, 2.45) is 10.7 Å². The summed E-state index contributed by atoms with van der Waals surface area (Å²) in [6, 6.07) is 5.64. The Balaban J connectivity index is 1.81. The van der Waals surface area contributed by atoms with Crippen LogP contribution in [0.4, 0.5) is 0 Å².